The van der Waals surface area contributed by atoms with E-state index in [9.17, 15) is 9.59 Å². The Hall–Kier alpha value is -4.20. The van der Waals surface area contributed by atoms with E-state index in [1.807, 2.05) is 42.8 Å². The Morgan fingerprint density at radius 3 is 2.62 bits per heavy atom. The molecule has 2 heterocycles. The largest absolute Gasteiger partial charge is 0.497 e. The van der Waals surface area contributed by atoms with Gasteiger partial charge in [-0.25, -0.2) is 10.4 Å². The number of carbonyl (C=O) groups is 1. The SMILES string of the molecule is COc1cccc(C(=O)NN=Cc2cc(C)n(-n3c(C)nc4ccccc4c3=O)c2C)c1. The monoisotopic (exact) mass is 429 g/mol. The molecule has 0 aliphatic rings. The van der Waals surface area contributed by atoms with Crippen molar-refractivity contribution in [3.8, 4) is 5.75 Å². The average Bonchev–Trinajstić information content (AvgIpc) is 3.07. The van der Waals surface area contributed by atoms with Gasteiger partial charge in [-0.15, -0.1) is 0 Å². The van der Waals surface area contributed by atoms with Gasteiger partial charge in [0.25, 0.3) is 11.5 Å². The van der Waals surface area contributed by atoms with Crippen LogP contribution in [0.1, 0.15) is 33.1 Å². The van der Waals surface area contributed by atoms with Crippen LogP contribution < -0.4 is 15.7 Å². The van der Waals surface area contributed by atoms with E-state index in [0.717, 1.165) is 17.0 Å². The highest BCUT2D eigenvalue weighted by atomic mass is 16.5. The van der Waals surface area contributed by atoms with Crippen molar-refractivity contribution in [1.82, 2.24) is 19.8 Å². The van der Waals surface area contributed by atoms with Gasteiger partial charge < -0.3 is 4.74 Å². The summed E-state index contributed by atoms with van der Waals surface area (Å²) in [4.78, 5) is 30.1. The number of benzene rings is 2. The number of ether oxygens (including phenoxy) is 1. The van der Waals surface area contributed by atoms with E-state index in [0.29, 0.717) is 28.0 Å². The lowest BCUT2D eigenvalue weighted by Crippen LogP contribution is -2.30. The fourth-order valence-corrected chi connectivity index (χ4v) is 3.68. The van der Waals surface area contributed by atoms with Crippen molar-refractivity contribution >= 4 is 23.0 Å². The van der Waals surface area contributed by atoms with Crippen molar-refractivity contribution in [1.29, 1.82) is 0 Å². The summed E-state index contributed by atoms with van der Waals surface area (Å²) in [5, 5.41) is 4.64. The number of hydrazone groups is 1. The molecule has 32 heavy (non-hydrogen) atoms. The van der Waals surface area contributed by atoms with Crippen LogP contribution in [0.25, 0.3) is 10.9 Å². The summed E-state index contributed by atoms with van der Waals surface area (Å²) < 4.78 is 8.51. The molecule has 2 aromatic carbocycles. The summed E-state index contributed by atoms with van der Waals surface area (Å²) in [7, 11) is 1.54. The minimum absolute atomic E-state index is 0.148. The van der Waals surface area contributed by atoms with Gasteiger partial charge in [0, 0.05) is 22.5 Å². The second kappa shape index (κ2) is 8.50. The van der Waals surface area contributed by atoms with E-state index >= 15 is 0 Å². The summed E-state index contributed by atoms with van der Waals surface area (Å²) in [5.74, 6) is 0.819. The van der Waals surface area contributed by atoms with Crippen LogP contribution >= 0.6 is 0 Å². The molecule has 0 spiro atoms. The van der Waals surface area contributed by atoms with Crippen LogP contribution in [0.15, 0.2) is 64.5 Å². The lowest BCUT2D eigenvalue weighted by Gasteiger charge is -2.16. The molecule has 0 saturated carbocycles. The number of aromatic nitrogens is 3. The molecule has 0 saturated heterocycles. The van der Waals surface area contributed by atoms with Crippen molar-refractivity contribution in [3.63, 3.8) is 0 Å². The highest BCUT2D eigenvalue weighted by Crippen LogP contribution is 2.16. The van der Waals surface area contributed by atoms with Gasteiger partial charge in [0.1, 0.15) is 11.6 Å². The Labute approximate surface area is 184 Å². The van der Waals surface area contributed by atoms with E-state index in [4.69, 9.17) is 4.74 Å². The molecule has 0 radical (unpaired) electrons. The first kappa shape index (κ1) is 21.0. The molecular weight excluding hydrogens is 406 g/mol. The molecule has 4 aromatic rings. The number of aryl methyl sites for hydroxylation is 2. The van der Waals surface area contributed by atoms with Crippen molar-refractivity contribution in [2.75, 3.05) is 7.11 Å². The van der Waals surface area contributed by atoms with Crippen LogP contribution in [0.2, 0.25) is 0 Å². The van der Waals surface area contributed by atoms with Gasteiger partial charge in [0.15, 0.2) is 0 Å². The Morgan fingerprint density at radius 2 is 1.84 bits per heavy atom. The first-order valence-corrected chi connectivity index (χ1v) is 10.1. The predicted molar refractivity (Wildman–Crippen MR) is 123 cm³/mol. The molecule has 2 aromatic heterocycles. The van der Waals surface area contributed by atoms with Gasteiger partial charge in [-0.2, -0.15) is 9.78 Å². The summed E-state index contributed by atoms with van der Waals surface area (Å²) in [5.41, 5.74) is 5.89. The summed E-state index contributed by atoms with van der Waals surface area (Å²) >= 11 is 0. The standard InChI is InChI=1S/C24H23N5O3/c1-15-12-19(14-25-27-23(30)18-8-7-9-20(13-18)32-4)16(2)28(15)29-17(3)26-22-11-6-5-10-21(22)24(29)31/h5-14H,1-4H3,(H,27,30). The van der Waals surface area contributed by atoms with Crippen LogP contribution in [0.3, 0.4) is 0 Å². The van der Waals surface area contributed by atoms with E-state index in [-0.39, 0.29) is 11.5 Å². The van der Waals surface area contributed by atoms with Gasteiger partial charge in [-0.3, -0.25) is 14.3 Å². The number of hydrogen-bond donors (Lipinski definition) is 1. The lowest BCUT2D eigenvalue weighted by molar-refractivity contribution is 0.0955. The topological polar surface area (TPSA) is 90.5 Å². The second-order valence-corrected chi connectivity index (χ2v) is 7.36. The predicted octanol–water partition coefficient (Wildman–Crippen LogP) is 3.21. The van der Waals surface area contributed by atoms with Crippen molar-refractivity contribution in [3.05, 3.63) is 93.3 Å². The molecular formula is C24H23N5O3. The normalized spacial score (nSPS) is 11.2. The maximum absolute atomic E-state index is 13.2. The molecule has 162 valence electrons. The number of carbonyl (C=O) groups excluding carboxylic acids is 1. The Morgan fingerprint density at radius 1 is 1.06 bits per heavy atom. The smallest absolute Gasteiger partial charge is 0.280 e. The third kappa shape index (κ3) is 3.78. The molecule has 8 heteroatoms. The zero-order valence-electron chi connectivity index (χ0n) is 18.3. The average molecular weight is 429 g/mol. The first-order valence-electron chi connectivity index (χ1n) is 10.1. The molecule has 0 atom stereocenters. The summed E-state index contributed by atoms with van der Waals surface area (Å²) in [6.07, 6.45) is 1.56. The van der Waals surface area contributed by atoms with Crippen molar-refractivity contribution in [2.45, 2.75) is 20.8 Å². The van der Waals surface area contributed by atoms with E-state index in [1.54, 1.807) is 55.3 Å². The van der Waals surface area contributed by atoms with Crippen molar-refractivity contribution < 1.29 is 9.53 Å². The van der Waals surface area contributed by atoms with Gasteiger partial charge in [0.05, 0.1) is 24.2 Å². The Bertz CT molecular complexity index is 1420. The fourth-order valence-electron chi connectivity index (χ4n) is 3.68. The van der Waals surface area contributed by atoms with E-state index in [1.165, 1.54) is 0 Å². The van der Waals surface area contributed by atoms with Crippen molar-refractivity contribution in [2.24, 2.45) is 5.10 Å². The van der Waals surface area contributed by atoms with E-state index < -0.39 is 0 Å². The van der Waals surface area contributed by atoms with Crippen LogP contribution in [-0.4, -0.2) is 33.6 Å². The number of nitrogens with one attached hydrogen (secondary N) is 1. The molecule has 1 N–H and O–H groups in total. The van der Waals surface area contributed by atoms with Gasteiger partial charge in [0.2, 0.25) is 0 Å². The summed E-state index contributed by atoms with van der Waals surface area (Å²) in [6.45, 7) is 5.59. The minimum Gasteiger partial charge on any atom is -0.497 e. The van der Waals surface area contributed by atoms with Gasteiger partial charge in [-0.05, 0) is 57.2 Å². The highest BCUT2D eigenvalue weighted by Gasteiger charge is 2.15. The van der Waals surface area contributed by atoms with E-state index in [2.05, 4.69) is 15.5 Å². The zero-order chi connectivity index (χ0) is 22.8. The van der Waals surface area contributed by atoms with Gasteiger partial charge in [-0.1, -0.05) is 18.2 Å². The number of para-hydroxylation sites is 1. The number of fused-ring (bicyclic) bond motifs is 1. The first-order chi connectivity index (χ1) is 15.4. The number of methoxy groups -OCH3 is 1. The van der Waals surface area contributed by atoms with Crippen LogP contribution in [0.5, 0.6) is 5.75 Å². The Kier molecular flexibility index (Phi) is 5.59. The van der Waals surface area contributed by atoms with Gasteiger partial charge >= 0.3 is 0 Å². The van der Waals surface area contributed by atoms with Crippen LogP contribution in [-0.2, 0) is 0 Å². The summed E-state index contributed by atoms with van der Waals surface area (Å²) in [6, 6.07) is 16.0. The molecule has 8 nitrogen and oxygen atoms in total. The Balaban J connectivity index is 1.65. The number of hydrogen-bond acceptors (Lipinski definition) is 5. The number of amides is 1. The number of nitrogens with zero attached hydrogens (tertiary/aromatic N) is 4. The number of rotatable bonds is 5. The van der Waals surface area contributed by atoms with Crippen LogP contribution in [0.4, 0.5) is 0 Å². The molecule has 0 unspecified atom stereocenters. The fraction of sp³-hybridized carbons (Fsp3) is 0.167. The highest BCUT2D eigenvalue weighted by molar-refractivity contribution is 5.95. The molecule has 0 fully saturated rings. The third-order valence-corrected chi connectivity index (χ3v) is 5.25. The maximum Gasteiger partial charge on any atom is 0.280 e. The quantitative estimate of drug-likeness (QED) is 0.390. The van der Waals surface area contributed by atoms with Crippen LogP contribution in [0, 0.1) is 20.8 Å². The molecule has 4 rings (SSSR count). The molecule has 0 aliphatic carbocycles. The second-order valence-electron chi connectivity index (χ2n) is 7.36. The zero-order valence-corrected chi connectivity index (χ0v) is 18.3. The molecule has 0 bridgehead atoms. The third-order valence-electron chi connectivity index (χ3n) is 5.25. The molecule has 0 aliphatic heterocycles. The lowest BCUT2D eigenvalue weighted by atomic mass is 10.2. The maximum atomic E-state index is 13.2. The minimum atomic E-state index is -0.347. The molecule has 1 amide bonds.